The molecule has 40 heavy (non-hydrogen) atoms. The predicted octanol–water partition coefficient (Wildman–Crippen LogP) is 12.8. The third-order valence-corrected chi connectivity index (χ3v) is 9.01. The second-order valence-electron chi connectivity index (χ2n) is 12.7. The van der Waals surface area contributed by atoms with Gasteiger partial charge in [0.05, 0.1) is 0 Å². The molecule has 2 nitrogen and oxygen atoms in total. The van der Waals surface area contributed by atoms with Gasteiger partial charge in [-0.25, -0.2) is 0 Å². The average Bonchev–Trinajstić information content (AvgIpc) is 3.39. The molecule has 2 heteroatoms. The highest BCUT2D eigenvalue weighted by molar-refractivity contribution is 5.51. The van der Waals surface area contributed by atoms with Crippen molar-refractivity contribution in [3.05, 3.63) is 42.7 Å². The zero-order chi connectivity index (χ0) is 28.4. The second kappa shape index (κ2) is 25.3. The molecule has 1 aromatic carbocycles. The number of nitrogens with zero attached hydrogens (tertiary/aromatic N) is 2. The van der Waals surface area contributed by atoms with Gasteiger partial charge in [-0.2, -0.15) is 0 Å². The summed E-state index contributed by atoms with van der Waals surface area (Å²) in [5.74, 6) is 0. The minimum atomic E-state index is 0.503. The molecule has 0 spiro atoms. The Morgan fingerprint density at radius 3 is 1.30 bits per heavy atom. The van der Waals surface area contributed by atoms with Crippen LogP contribution in [0.5, 0.6) is 0 Å². The van der Waals surface area contributed by atoms with E-state index in [1.807, 2.05) is 0 Å². The van der Waals surface area contributed by atoms with E-state index >= 15 is 0 Å². The van der Waals surface area contributed by atoms with Crippen molar-refractivity contribution in [2.75, 3.05) is 11.4 Å². The molecular formula is C38H68N2. The van der Waals surface area contributed by atoms with Gasteiger partial charge in [0, 0.05) is 24.6 Å². The lowest BCUT2D eigenvalue weighted by molar-refractivity contribution is 0.273. The Morgan fingerprint density at radius 2 is 0.850 bits per heavy atom. The molecule has 1 aromatic rings. The van der Waals surface area contributed by atoms with Gasteiger partial charge in [0.25, 0.3) is 0 Å². The van der Waals surface area contributed by atoms with Crippen LogP contribution in [0.1, 0.15) is 181 Å². The van der Waals surface area contributed by atoms with E-state index in [4.69, 9.17) is 0 Å². The Kier molecular flexibility index (Phi) is 22.0. The minimum Gasteiger partial charge on any atom is -0.356 e. The summed E-state index contributed by atoms with van der Waals surface area (Å²) in [4.78, 5) is 5.17. The van der Waals surface area contributed by atoms with Crippen LogP contribution in [0, 0.1) is 0 Å². The average molecular weight is 553 g/mol. The molecule has 1 heterocycles. The van der Waals surface area contributed by atoms with Gasteiger partial charge in [-0.3, -0.25) is 0 Å². The normalized spacial score (nSPS) is 15.0. The number of para-hydroxylation sites is 1. The Bertz CT molecular complexity index is 684. The van der Waals surface area contributed by atoms with E-state index in [9.17, 15) is 0 Å². The summed E-state index contributed by atoms with van der Waals surface area (Å²) in [6.07, 6.45) is 42.1. The first kappa shape index (κ1) is 34.8. The number of anilines is 1. The van der Waals surface area contributed by atoms with E-state index < -0.39 is 0 Å². The molecule has 1 aliphatic heterocycles. The summed E-state index contributed by atoms with van der Waals surface area (Å²) in [5.41, 5.74) is 1.34. The zero-order valence-electron chi connectivity index (χ0n) is 27.1. The van der Waals surface area contributed by atoms with E-state index in [0.29, 0.717) is 6.17 Å². The van der Waals surface area contributed by atoms with Crippen molar-refractivity contribution in [3.8, 4) is 0 Å². The lowest BCUT2D eigenvalue weighted by atomic mass is 10.0. The Balaban J connectivity index is 1.55. The lowest BCUT2D eigenvalue weighted by Crippen LogP contribution is -2.39. The fraction of sp³-hybridized carbons (Fsp3) is 0.789. The highest BCUT2D eigenvalue weighted by Gasteiger charge is 2.26. The highest BCUT2D eigenvalue weighted by atomic mass is 15.4. The second-order valence-corrected chi connectivity index (χ2v) is 12.7. The molecule has 0 saturated heterocycles. The first-order valence-electron chi connectivity index (χ1n) is 18.1. The van der Waals surface area contributed by atoms with Crippen molar-refractivity contribution < 1.29 is 0 Å². The maximum Gasteiger partial charge on any atom is 0.105 e. The molecule has 1 aliphatic rings. The summed E-state index contributed by atoms with van der Waals surface area (Å²) in [6, 6.07) is 11.0. The number of hydrogen-bond acceptors (Lipinski definition) is 2. The Morgan fingerprint density at radius 1 is 0.450 bits per heavy atom. The van der Waals surface area contributed by atoms with Crippen LogP contribution in [0.3, 0.4) is 0 Å². The highest BCUT2D eigenvalue weighted by Crippen LogP contribution is 2.28. The van der Waals surface area contributed by atoms with Crippen LogP contribution in [0.2, 0.25) is 0 Å². The van der Waals surface area contributed by atoms with Gasteiger partial charge in [0.2, 0.25) is 0 Å². The number of hydrogen-bond donors (Lipinski definition) is 0. The first-order chi connectivity index (χ1) is 19.9. The van der Waals surface area contributed by atoms with Crippen molar-refractivity contribution in [1.29, 1.82) is 0 Å². The molecular weight excluding hydrogens is 484 g/mol. The van der Waals surface area contributed by atoms with Gasteiger partial charge in [-0.15, -0.1) is 0 Å². The smallest absolute Gasteiger partial charge is 0.105 e. The fourth-order valence-corrected chi connectivity index (χ4v) is 6.38. The molecule has 0 aromatic heterocycles. The SMILES string of the molecule is CCCCCCCCCCCCCCCCN1C=CN(c2ccccc2)C1CCCCCCCCCCCCC. The molecule has 0 bridgehead atoms. The van der Waals surface area contributed by atoms with E-state index in [0.717, 1.165) is 0 Å². The lowest BCUT2D eigenvalue weighted by Gasteiger charge is -2.33. The van der Waals surface area contributed by atoms with Crippen molar-refractivity contribution in [3.63, 3.8) is 0 Å². The van der Waals surface area contributed by atoms with Gasteiger partial charge in [-0.1, -0.05) is 180 Å². The summed E-state index contributed by atoms with van der Waals surface area (Å²) in [7, 11) is 0. The van der Waals surface area contributed by atoms with Gasteiger partial charge < -0.3 is 9.80 Å². The van der Waals surface area contributed by atoms with Gasteiger partial charge in [-0.05, 0) is 31.4 Å². The molecule has 0 fully saturated rings. The monoisotopic (exact) mass is 553 g/mol. The third-order valence-electron chi connectivity index (χ3n) is 9.01. The fourth-order valence-electron chi connectivity index (χ4n) is 6.38. The van der Waals surface area contributed by atoms with Crippen LogP contribution in [0.4, 0.5) is 5.69 Å². The summed E-state index contributed by atoms with van der Waals surface area (Å²) >= 11 is 0. The number of rotatable bonds is 28. The van der Waals surface area contributed by atoms with Gasteiger partial charge in [0.1, 0.15) is 6.17 Å². The molecule has 230 valence electrons. The summed E-state index contributed by atoms with van der Waals surface area (Å²) in [6.45, 7) is 5.82. The molecule has 0 amide bonds. The number of benzene rings is 1. The van der Waals surface area contributed by atoms with Crippen molar-refractivity contribution in [2.24, 2.45) is 0 Å². The van der Waals surface area contributed by atoms with E-state index in [1.54, 1.807) is 0 Å². The molecule has 2 rings (SSSR count). The Hall–Kier alpha value is -1.44. The Labute approximate surface area is 251 Å². The standard InChI is InChI=1S/C38H68N2/c1-3-5-7-9-11-13-15-16-17-19-21-23-25-30-34-39-35-36-40(37-31-27-26-28-32-37)38(39)33-29-24-22-20-18-14-12-10-8-6-4-2/h26-28,31-32,35-36,38H,3-25,29-30,33-34H2,1-2H3. The van der Waals surface area contributed by atoms with Crippen LogP contribution in [-0.2, 0) is 0 Å². The van der Waals surface area contributed by atoms with Crippen LogP contribution >= 0.6 is 0 Å². The predicted molar refractivity (Wildman–Crippen MR) is 180 cm³/mol. The zero-order valence-corrected chi connectivity index (χ0v) is 27.1. The maximum absolute atomic E-state index is 2.64. The summed E-state index contributed by atoms with van der Waals surface area (Å²) in [5, 5.41) is 0. The van der Waals surface area contributed by atoms with Gasteiger partial charge in [0.15, 0.2) is 0 Å². The maximum atomic E-state index is 2.64. The largest absolute Gasteiger partial charge is 0.356 e. The van der Waals surface area contributed by atoms with Crippen LogP contribution in [-0.4, -0.2) is 17.6 Å². The molecule has 0 N–H and O–H groups in total. The van der Waals surface area contributed by atoms with Crippen molar-refractivity contribution >= 4 is 5.69 Å². The quantitative estimate of drug-likeness (QED) is 0.0954. The molecule has 1 atom stereocenters. The minimum absolute atomic E-state index is 0.503. The molecule has 1 unspecified atom stereocenters. The van der Waals surface area contributed by atoms with Crippen LogP contribution < -0.4 is 4.90 Å². The van der Waals surface area contributed by atoms with Gasteiger partial charge >= 0.3 is 0 Å². The molecule has 0 saturated carbocycles. The molecule has 0 radical (unpaired) electrons. The van der Waals surface area contributed by atoms with Crippen molar-refractivity contribution in [1.82, 2.24) is 4.90 Å². The van der Waals surface area contributed by atoms with E-state index in [1.165, 1.54) is 179 Å². The van der Waals surface area contributed by atoms with Crippen LogP contribution in [0.15, 0.2) is 42.7 Å². The third kappa shape index (κ3) is 16.7. The van der Waals surface area contributed by atoms with Crippen molar-refractivity contribution in [2.45, 2.75) is 187 Å². The number of unbranched alkanes of at least 4 members (excludes halogenated alkanes) is 23. The van der Waals surface area contributed by atoms with E-state index in [2.05, 4.69) is 66.4 Å². The first-order valence-corrected chi connectivity index (χ1v) is 18.1. The molecule has 0 aliphatic carbocycles. The topological polar surface area (TPSA) is 6.48 Å². The van der Waals surface area contributed by atoms with Crippen LogP contribution in [0.25, 0.3) is 0 Å². The van der Waals surface area contributed by atoms with E-state index in [-0.39, 0.29) is 0 Å². The summed E-state index contributed by atoms with van der Waals surface area (Å²) < 4.78 is 0.